The van der Waals surface area contributed by atoms with E-state index in [0.717, 1.165) is 30.5 Å². The molecule has 2 aliphatic carbocycles. The molecule has 2 aliphatic rings. The smallest absolute Gasteiger partial charge is 0.465 e. The molecule has 0 aliphatic heterocycles. The van der Waals surface area contributed by atoms with E-state index in [4.69, 9.17) is 4.74 Å². The Bertz CT molecular complexity index is 1340. The third-order valence-corrected chi connectivity index (χ3v) is 6.39. The maximum Gasteiger partial charge on any atom is 0.573 e. The molecule has 0 bridgehead atoms. The number of esters is 1. The number of halogens is 4. The molecule has 1 N–H and O–H groups in total. The number of methoxy groups -OCH3 is 1. The van der Waals surface area contributed by atoms with E-state index in [2.05, 4.69) is 15.2 Å². The molecule has 0 spiro atoms. The van der Waals surface area contributed by atoms with E-state index < -0.39 is 35.2 Å². The van der Waals surface area contributed by atoms with Gasteiger partial charge in [0.05, 0.1) is 30.3 Å². The fourth-order valence-corrected chi connectivity index (χ4v) is 4.24. The number of benzene rings is 2. The molecule has 3 aromatic rings. The Labute approximate surface area is 203 Å². The van der Waals surface area contributed by atoms with Gasteiger partial charge in [-0.1, -0.05) is 12.1 Å². The lowest BCUT2D eigenvalue weighted by Crippen LogP contribution is -2.29. The molecule has 2 fully saturated rings. The van der Waals surface area contributed by atoms with Gasteiger partial charge in [0.15, 0.2) is 0 Å². The van der Waals surface area contributed by atoms with Crippen molar-refractivity contribution in [2.45, 2.75) is 43.5 Å². The zero-order valence-electron chi connectivity index (χ0n) is 19.1. The molecular weight excluding hydrogens is 482 g/mol. The van der Waals surface area contributed by atoms with Crippen LogP contribution in [0.2, 0.25) is 0 Å². The summed E-state index contributed by atoms with van der Waals surface area (Å²) in [7, 11) is 1.25. The number of hydrogen-bond acceptors (Lipinski definition) is 5. The van der Waals surface area contributed by atoms with Crippen LogP contribution in [0.4, 0.5) is 23.2 Å². The topological polar surface area (TPSA) is 82.4 Å². The monoisotopic (exact) mass is 503 g/mol. The molecule has 2 aromatic carbocycles. The minimum absolute atomic E-state index is 0.0215. The van der Waals surface area contributed by atoms with Crippen LogP contribution in [-0.2, 0) is 14.9 Å². The van der Waals surface area contributed by atoms with Crippen LogP contribution in [0.1, 0.15) is 47.6 Å². The molecule has 0 atom stereocenters. The van der Waals surface area contributed by atoms with E-state index in [-0.39, 0.29) is 11.1 Å². The SMILES string of the molecule is COC(=O)c1cc(NC(=O)C2(c3ccc(OC(F)(F)F)cc3F)CC2)ccc1-c1cnn(C2CC2)c1. The van der Waals surface area contributed by atoms with Crippen molar-refractivity contribution in [3.8, 4) is 16.9 Å². The number of rotatable bonds is 7. The largest absolute Gasteiger partial charge is 0.573 e. The number of hydrogen-bond donors (Lipinski definition) is 1. The highest BCUT2D eigenvalue weighted by Gasteiger charge is 2.53. The number of amides is 1. The predicted molar refractivity (Wildman–Crippen MR) is 120 cm³/mol. The lowest BCUT2D eigenvalue weighted by molar-refractivity contribution is -0.274. The maximum absolute atomic E-state index is 14.7. The van der Waals surface area contributed by atoms with Crippen molar-refractivity contribution in [2.75, 3.05) is 12.4 Å². The summed E-state index contributed by atoms with van der Waals surface area (Å²) in [6, 6.07) is 7.83. The van der Waals surface area contributed by atoms with Gasteiger partial charge in [-0.3, -0.25) is 9.48 Å². The van der Waals surface area contributed by atoms with Crippen molar-refractivity contribution in [3.63, 3.8) is 0 Å². The highest BCUT2D eigenvalue weighted by atomic mass is 19.4. The predicted octanol–water partition coefficient (Wildman–Crippen LogP) is 5.38. The molecule has 36 heavy (non-hydrogen) atoms. The summed E-state index contributed by atoms with van der Waals surface area (Å²) in [5, 5.41) is 7.06. The molecule has 1 heterocycles. The standard InChI is InChI=1S/C25H21F4N3O4/c1-35-22(33)19-10-15(2-6-18(19)14-12-30-32(13-14)16-3-4-16)31-23(34)24(8-9-24)20-7-5-17(11-21(20)26)36-25(27,28)29/h2,5-7,10-13,16H,3-4,8-9H2,1H3,(H,31,34). The minimum atomic E-state index is -4.96. The van der Waals surface area contributed by atoms with E-state index in [1.54, 1.807) is 18.3 Å². The van der Waals surface area contributed by atoms with Crippen molar-refractivity contribution in [2.24, 2.45) is 0 Å². The first kappa shape index (κ1) is 23.8. The number of anilines is 1. The number of aromatic nitrogens is 2. The minimum Gasteiger partial charge on any atom is -0.465 e. The highest BCUT2D eigenvalue weighted by Crippen LogP contribution is 2.50. The van der Waals surface area contributed by atoms with Crippen molar-refractivity contribution in [1.29, 1.82) is 0 Å². The van der Waals surface area contributed by atoms with E-state index in [1.807, 2.05) is 10.9 Å². The van der Waals surface area contributed by atoms with E-state index >= 15 is 0 Å². The third-order valence-electron chi connectivity index (χ3n) is 6.39. The van der Waals surface area contributed by atoms with Crippen LogP contribution in [0, 0.1) is 5.82 Å². The average molecular weight is 503 g/mol. The summed E-state index contributed by atoms with van der Waals surface area (Å²) < 4.78 is 62.5. The molecule has 0 saturated heterocycles. The Kier molecular flexibility index (Phi) is 5.73. The first-order chi connectivity index (χ1) is 17.1. The Hall–Kier alpha value is -3.89. The number of nitrogens with zero attached hydrogens (tertiary/aromatic N) is 2. The number of carbonyl (C=O) groups is 2. The van der Waals surface area contributed by atoms with Gasteiger partial charge in [-0.15, -0.1) is 13.2 Å². The lowest BCUT2D eigenvalue weighted by Gasteiger charge is -2.18. The Balaban J connectivity index is 1.39. The number of alkyl halides is 3. The molecule has 2 saturated carbocycles. The molecular formula is C25H21F4N3O4. The maximum atomic E-state index is 14.7. The van der Waals surface area contributed by atoms with Crippen molar-refractivity contribution < 1.29 is 36.6 Å². The van der Waals surface area contributed by atoms with Crippen molar-refractivity contribution in [3.05, 3.63) is 65.7 Å². The summed E-state index contributed by atoms with van der Waals surface area (Å²) in [6.07, 6.45) is 1.29. The number of carbonyl (C=O) groups excluding carboxylic acids is 2. The van der Waals surface area contributed by atoms with Gasteiger partial charge >= 0.3 is 12.3 Å². The fraction of sp³-hybridized carbons (Fsp3) is 0.320. The summed E-state index contributed by atoms with van der Waals surface area (Å²) in [5.74, 6) is -2.81. The molecule has 1 aromatic heterocycles. The van der Waals surface area contributed by atoms with Crippen LogP contribution in [-0.4, -0.2) is 35.1 Å². The van der Waals surface area contributed by atoms with Gasteiger partial charge in [-0.05, 0) is 49.4 Å². The molecule has 1 amide bonds. The van der Waals surface area contributed by atoms with Crippen LogP contribution in [0.3, 0.4) is 0 Å². The fourth-order valence-electron chi connectivity index (χ4n) is 4.24. The summed E-state index contributed by atoms with van der Waals surface area (Å²) in [5.41, 5.74) is 0.571. The number of nitrogens with one attached hydrogen (secondary N) is 1. The Morgan fingerprint density at radius 3 is 2.50 bits per heavy atom. The first-order valence-electron chi connectivity index (χ1n) is 11.2. The van der Waals surface area contributed by atoms with E-state index in [1.165, 1.54) is 13.2 Å². The average Bonchev–Trinajstić information content (AvgIpc) is 3.76. The van der Waals surface area contributed by atoms with Crippen LogP contribution in [0.15, 0.2) is 48.8 Å². The van der Waals surface area contributed by atoms with Crippen molar-refractivity contribution >= 4 is 17.6 Å². The van der Waals surface area contributed by atoms with Gasteiger partial charge in [0.2, 0.25) is 5.91 Å². The summed E-state index contributed by atoms with van der Waals surface area (Å²) >= 11 is 0. The van der Waals surface area contributed by atoms with Crippen LogP contribution in [0.25, 0.3) is 11.1 Å². The molecule has 0 unspecified atom stereocenters. The van der Waals surface area contributed by atoms with Gasteiger partial charge in [-0.25, -0.2) is 9.18 Å². The third kappa shape index (κ3) is 4.65. The highest BCUT2D eigenvalue weighted by molar-refractivity contribution is 6.04. The quantitative estimate of drug-likeness (QED) is 0.346. The zero-order chi connectivity index (χ0) is 25.7. The van der Waals surface area contributed by atoms with E-state index in [0.29, 0.717) is 36.2 Å². The van der Waals surface area contributed by atoms with Gasteiger partial charge in [0, 0.05) is 29.1 Å². The van der Waals surface area contributed by atoms with Gasteiger partial charge in [0.25, 0.3) is 0 Å². The lowest BCUT2D eigenvalue weighted by atomic mass is 9.94. The zero-order valence-corrected chi connectivity index (χ0v) is 19.1. The summed E-state index contributed by atoms with van der Waals surface area (Å²) in [4.78, 5) is 25.6. The normalized spacial score (nSPS) is 16.4. The van der Waals surface area contributed by atoms with Crippen LogP contribution in [0.5, 0.6) is 5.75 Å². The van der Waals surface area contributed by atoms with Gasteiger partial charge in [0.1, 0.15) is 11.6 Å². The van der Waals surface area contributed by atoms with E-state index in [9.17, 15) is 27.2 Å². The second-order valence-corrected chi connectivity index (χ2v) is 8.92. The van der Waals surface area contributed by atoms with Gasteiger partial charge < -0.3 is 14.8 Å². The molecule has 0 radical (unpaired) electrons. The summed E-state index contributed by atoms with van der Waals surface area (Å²) in [6.45, 7) is 0. The molecule has 5 rings (SSSR count). The van der Waals surface area contributed by atoms with Crippen LogP contribution >= 0.6 is 0 Å². The number of ether oxygens (including phenoxy) is 2. The Morgan fingerprint density at radius 2 is 1.89 bits per heavy atom. The molecule has 11 heteroatoms. The molecule has 7 nitrogen and oxygen atoms in total. The second kappa shape index (κ2) is 8.65. The van der Waals surface area contributed by atoms with Crippen molar-refractivity contribution in [1.82, 2.24) is 9.78 Å². The Morgan fingerprint density at radius 1 is 1.14 bits per heavy atom. The second-order valence-electron chi connectivity index (χ2n) is 8.92. The molecule has 188 valence electrons. The first-order valence-corrected chi connectivity index (χ1v) is 11.2. The van der Waals surface area contributed by atoms with Gasteiger partial charge in [-0.2, -0.15) is 5.10 Å². The van der Waals surface area contributed by atoms with Crippen LogP contribution < -0.4 is 10.1 Å².